The van der Waals surface area contributed by atoms with Gasteiger partial charge in [-0.25, -0.2) is 0 Å². The van der Waals surface area contributed by atoms with Crippen LogP contribution in [0.2, 0.25) is 0 Å². The first-order chi connectivity index (χ1) is 6.92. The number of halogens is 3. The zero-order chi connectivity index (χ0) is 11.5. The molecule has 1 heterocycles. The van der Waals surface area contributed by atoms with Crippen molar-refractivity contribution in [3.05, 3.63) is 12.2 Å². The Morgan fingerprint density at radius 1 is 1.40 bits per heavy atom. The largest absolute Gasteiger partial charge is 0.401 e. The number of alkyl halides is 3. The minimum atomic E-state index is -4.13. The maximum absolute atomic E-state index is 12.1. The lowest BCUT2D eigenvalue weighted by atomic mass is 9.91. The zero-order valence-electron chi connectivity index (χ0n) is 8.35. The lowest BCUT2D eigenvalue weighted by molar-refractivity contribution is -0.148. The maximum Gasteiger partial charge on any atom is 0.401 e. The van der Waals surface area contributed by atoms with E-state index in [0.29, 0.717) is 31.5 Å². The van der Waals surface area contributed by atoms with E-state index >= 15 is 0 Å². The van der Waals surface area contributed by atoms with Crippen LogP contribution < -0.4 is 0 Å². The van der Waals surface area contributed by atoms with Crippen molar-refractivity contribution in [3.8, 4) is 6.07 Å². The van der Waals surface area contributed by atoms with E-state index < -0.39 is 12.7 Å². The van der Waals surface area contributed by atoms with Crippen LogP contribution >= 0.6 is 0 Å². The molecular formula is C10H13F3N2. The van der Waals surface area contributed by atoms with Gasteiger partial charge in [-0.3, -0.25) is 4.90 Å². The molecule has 84 valence electrons. The molecule has 0 atom stereocenters. The quantitative estimate of drug-likeness (QED) is 0.665. The molecule has 1 fully saturated rings. The third-order valence-corrected chi connectivity index (χ3v) is 2.63. The fraction of sp³-hybridized carbons (Fsp3) is 0.700. The van der Waals surface area contributed by atoms with Crippen LogP contribution in [0, 0.1) is 17.2 Å². The topological polar surface area (TPSA) is 27.0 Å². The second-order valence-electron chi connectivity index (χ2n) is 3.80. The molecule has 0 saturated carbocycles. The Labute approximate surface area is 87.0 Å². The van der Waals surface area contributed by atoms with Crippen LogP contribution in [0.25, 0.3) is 0 Å². The predicted molar refractivity (Wildman–Crippen MR) is 50.0 cm³/mol. The van der Waals surface area contributed by atoms with E-state index in [1.165, 1.54) is 4.90 Å². The molecule has 0 aromatic heterocycles. The first kappa shape index (κ1) is 12.1. The molecule has 0 N–H and O–H groups in total. The van der Waals surface area contributed by atoms with Gasteiger partial charge < -0.3 is 0 Å². The van der Waals surface area contributed by atoms with Crippen LogP contribution in [0.3, 0.4) is 0 Å². The molecule has 1 rings (SSSR count). The molecule has 0 aromatic rings. The van der Waals surface area contributed by atoms with E-state index in [1.54, 1.807) is 0 Å². The van der Waals surface area contributed by atoms with Gasteiger partial charge in [-0.2, -0.15) is 18.4 Å². The van der Waals surface area contributed by atoms with E-state index in [1.807, 2.05) is 6.07 Å². The van der Waals surface area contributed by atoms with Gasteiger partial charge in [-0.1, -0.05) is 6.58 Å². The number of nitrogens with zero attached hydrogens (tertiary/aromatic N) is 2. The van der Waals surface area contributed by atoms with Crippen molar-refractivity contribution in [2.75, 3.05) is 19.6 Å². The van der Waals surface area contributed by atoms with Crippen molar-refractivity contribution in [2.45, 2.75) is 19.0 Å². The zero-order valence-corrected chi connectivity index (χ0v) is 8.35. The van der Waals surface area contributed by atoms with E-state index in [-0.39, 0.29) is 5.92 Å². The van der Waals surface area contributed by atoms with E-state index in [2.05, 4.69) is 6.58 Å². The van der Waals surface area contributed by atoms with Gasteiger partial charge in [-0.05, 0) is 31.8 Å². The lowest BCUT2D eigenvalue weighted by Gasteiger charge is -2.31. The number of likely N-dealkylation sites (tertiary alicyclic amines) is 1. The number of rotatable bonds is 2. The highest BCUT2D eigenvalue weighted by molar-refractivity contribution is 5.20. The number of piperidine rings is 1. The van der Waals surface area contributed by atoms with Gasteiger partial charge in [0.2, 0.25) is 0 Å². The van der Waals surface area contributed by atoms with Crippen molar-refractivity contribution in [3.63, 3.8) is 0 Å². The Morgan fingerprint density at radius 3 is 2.33 bits per heavy atom. The van der Waals surface area contributed by atoms with Crippen molar-refractivity contribution in [2.24, 2.45) is 5.92 Å². The number of hydrogen-bond acceptors (Lipinski definition) is 2. The Hall–Kier alpha value is -1.02. The number of nitriles is 1. The van der Waals surface area contributed by atoms with Crippen molar-refractivity contribution < 1.29 is 13.2 Å². The van der Waals surface area contributed by atoms with Gasteiger partial charge in [0, 0.05) is 5.57 Å². The second kappa shape index (κ2) is 4.67. The highest BCUT2D eigenvalue weighted by Gasteiger charge is 2.32. The molecule has 0 bridgehead atoms. The van der Waals surface area contributed by atoms with Crippen LogP contribution in [0.5, 0.6) is 0 Å². The Morgan fingerprint density at radius 2 is 1.93 bits per heavy atom. The van der Waals surface area contributed by atoms with Gasteiger partial charge in [0.25, 0.3) is 0 Å². The van der Waals surface area contributed by atoms with E-state index in [4.69, 9.17) is 5.26 Å². The highest BCUT2D eigenvalue weighted by atomic mass is 19.4. The Balaban J connectivity index is 2.37. The minimum Gasteiger partial charge on any atom is -0.295 e. The summed E-state index contributed by atoms with van der Waals surface area (Å²) in [5.74, 6) is 0.0690. The molecule has 0 amide bonds. The van der Waals surface area contributed by atoms with E-state index in [9.17, 15) is 13.2 Å². The summed E-state index contributed by atoms with van der Waals surface area (Å²) < 4.78 is 36.2. The van der Waals surface area contributed by atoms with Gasteiger partial charge in [0.05, 0.1) is 12.6 Å². The lowest BCUT2D eigenvalue weighted by Crippen LogP contribution is -2.40. The summed E-state index contributed by atoms with van der Waals surface area (Å²) in [7, 11) is 0. The fourth-order valence-electron chi connectivity index (χ4n) is 1.78. The molecular weight excluding hydrogens is 205 g/mol. The maximum atomic E-state index is 12.1. The Kier molecular flexibility index (Phi) is 3.75. The third-order valence-electron chi connectivity index (χ3n) is 2.63. The molecule has 1 aliphatic rings. The first-order valence-corrected chi connectivity index (χ1v) is 4.80. The van der Waals surface area contributed by atoms with Gasteiger partial charge in [-0.15, -0.1) is 0 Å². The van der Waals surface area contributed by atoms with Crippen molar-refractivity contribution in [1.29, 1.82) is 5.26 Å². The van der Waals surface area contributed by atoms with Gasteiger partial charge in [0.1, 0.15) is 0 Å². The Bertz CT molecular complexity index is 269. The van der Waals surface area contributed by atoms with Crippen molar-refractivity contribution in [1.82, 2.24) is 4.90 Å². The van der Waals surface area contributed by atoms with Crippen LogP contribution in [-0.4, -0.2) is 30.7 Å². The number of hydrogen-bond donors (Lipinski definition) is 0. The molecule has 5 heteroatoms. The fourth-order valence-corrected chi connectivity index (χ4v) is 1.78. The van der Waals surface area contributed by atoms with Crippen LogP contribution in [-0.2, 0) is 0 Å². The summed E-state index contributed by atoms with van der Waals surface area (Å²) in [6.07, 6.45) is -2.93. The molecule has 1 saturated heterocycles. The summed E-state index contributed by atoms with van der Waals surface area (Å²) in [4.78, 5) is 1.38. The monoisotopic (exact) mass is 218 g/mol. The van der Waals surface area contributed by atoms with Gasteiger partial charge in [0.15, 0.2) is 0 Å². The molecule has 0 radical (unpaired) electrons. The third kappa shape index (κ3) is 3.92. The molecule has 0 aliphatic carbocycles. The minimum absolute atomic E-state index is 0.0690. The van der Waals surface area contributed by atoms with Crippen molar-refractivity contribution >= 4 is 0 Å². The second-order valence-corrected chi connectivity index (χ2v) is 3.80. The van der Waals surface area contributed by atoms with Gasteiger partial charge >= 0.3 is 6.18 Å². The molecule has 0 unspecified atom stereocenters. The SMILES string of the molecule is C=C(C#N)C1CCN(CC(F)(F)F)CC1. The average molecular weight is 218 g/mol. The molecule has 1 aliphatic heterocycles. The molecule has 0 aromatic carbocycles. The summed E-state index contributed by atoms with van der Waals surface area (Å²) in [5.41, 5.74) is 0.488. The summed E-state index contributed by atoms with van der Waals surface area (Å²) >= 11 is 0. The molecule has 15 heavy (non-hydrogen) atoms. The van der Waals surface area contributed by atoms with Crippen LogP contribution in [0.4, 0.5) is 13.2 Å². The summed E-state index contributed by atoms with van der Waals surface area (Å²) in [5, 5.41) is 8.60. The first-order valence-electron chi connectivity index (χ1n) is 4.80. The average Bonchev–Trinajstić information content (AvgIpc) is 2.15. The smallest absolute Gasteiger partial charge is 0.295 e. The normalized spacial score (nSPS) is 19.9. The standard InChI is InChI=1S/C10H13F3N2/c1-8(6-14)9-2-4-15(5-3-9)7-10(11,12)13/h9H,1-5,7H2. The molecule has 0 spiro atoms. The summed E-state index contributed by atoms with van der Waals surface area (Å²) in [6, 6.07) is 1.96. The summed E-state index contributed by atoms with van der Waals surface area (Å²) in [6.45, 7) is 3.53. The number of allylic oxidation sites excluding steroid dienone is 1. The van der Waals surface area contributed by atoms with E-state index in [0.717, 1.165) is 0 Å². The van der Waals surface area contributed by atoms with Crippen LogP contribution in [0.1, 0.15) is 12.8 Å². The van der Waals surface area contributed by atoms with Crippen LogP contribution in [0.15, 0.2) is 12.2 Å². The predicted octanol–water partition coefficient (Wildman–Crippen LogP) is 2.34. The highest BCUT2D eigenvalue weighted by Crippen LogP contribution is 2.25. The molecule has 2 nitrogen and oxygen atoms in total.